The summed E-state index contributed by atoms with van der Waals surface area (Å²) in [5.74, 6) is -0.451. The summed E-state index contributed by atoms with van der Waals surface area (Å²) in [6.07, 6.45) is 0. The van der Waals surface area contributed by atoms with Crippen LogP contribution in [0.3, 0.4) is 0 Å². The fourth-order valence-electron chi connectivity index (χ4n) is 1.97. The summed E-state index contributed by atoms with van der Waals surface area (Å²) >= 11 is 6.04. The van der Waals surface area contributed by atoms with E-state index >= 15 is 0 Å². The van der Waals surface area contributed by atoms with Gasteiger partial charge >= 0.3 is 0 Å². The van der Waals surface area contributed by atoms with E-state index in [9.17, 15) is 9.18 Å². The molecule has 20 heavy (non-hydrogen) atoms. The summed E-state index contributed by atoms with van der Waals surface area (Å²) < 4.78 is 12.9. The molecule has 0 aliphatic heterocycles. The molecular weight excluding hydrogens is 277 g/mol. The van der Waals surface area contributed by atoms with Gasteiger partial charge in [0, 0.05) is 7.05 Å². The first-order valence-corrected chi connectivity index (χ1v) is 6.65. The SMILES string of the molecule is CC(c1ccc(F)cc1)N(C)C(=O)c1ccccc1Cl. The van der Waals surface area contributed by atoms with Crippen LogP contribution in [0, 0.1) is 5.82 Å². The van der Waals surface area contributed by atoms with Crippen molar-refractivity contribution in [3.8, 4) is 0 Å². The van der Waals surface area contributed by atoms with Gasteiger partial charge in [0.2, 0.25) is 0 Å². The number of carbonyl (C=O) groups is 1. The molecule has 0 fully saturated rings. The highest BCUT2D eigenvalue weighted by atomic mass is 35.5. The van der Waals surface area contributed by atoms with Crippen molar-refractivity contribution in [2.75, 3.05) is 7.05 Å². The van der Waals surface area contributed by atoms with Crippen molar-refractivity contribution in [3.63, 3.8) is 0 Å². The molecular formula is C16H15ClFNO. The van der Waals surface area contributed by atoms with E-state index in [0.717, 1.165) is 5.56 Å². The first kappa shape index (κ1) is 14.5. The van der Waals surface area contributed by atoms with Crippen LogP contribution in [-0.4, -0.2) is 17.9 Å². The Balaban J connectivity index is 2.22. The second-order valence-electron chi connectivity index (χ2n) is 4.62. The summed E-state index contributed by atoms with van der Waals surface area (Å²) in [6, 6.07) is 12.9. The molecule has 2 aromatic rings. The van der Waals surface area contributed by atoms with E-state index < -0.39 is 0 Å². The largest absolute Gasteiger partial charge is 0.335 e. The fourth-order valence-corrected chi connectivity index (χ4v) is 2.18. The Labute approximate surface area is 122 Å². The van der Waals surface area contributed by atoms with Crippen LogP contribution in [0.25, 0.3) is 0 Å². The molecule has 2 nitrogen and oxygen atoms in total. The molecule has 0 spiro atoms. The van der Waals surface area contributed by atoms with Crippen molar-refractivity contribution in [1.82, 2.24) is 4.90 Å². The summed E-state index contributed by atoms with van der Waals surface area (Å²) in [6.45, 7) is 1.89. The van der Waals surface area contributed by atoms with E-state index in [4.69, 9.17) is 11.6 Å². The van der Waals surface area contributed by atoms with E-state index in [-0.39, 0.29) is 17.8 Å². The molecule has 0 saturated carbocycles. The van der Waals surface area contributed by atoms with Gasteiger partial charge in [-0.2, -0.15) is 0 Å². The summed E-state index contributed by atoms with van der Waals surface area (Å²) in [7, 11) is 1.71. The lowest BCUT2D eigenvalue weighted by molar-refractivity contribution is 0.0743. The van der Waals surface area contributed by atoms with Crippen molar-refractivity contribution in [2.24, 2.45) is 0 Å². The highest BCUT2D eigenvalue weighted by Gasteiger charge is 2.20. The van der Waals surface area contributed by atoms with E-state index in [1.165, 1.54) is 12.1 Å². The Kier molecular flexibility index (Phi) is 4.40. The number of hydrogen-bond donors (Lipinski definition) is 0. The van der Waals surface area contributed by atoms with E-state index in [0.29, 0.717) is 10.6 Å². The molecule has 0 aliphatic carbocycles. The molecule has 0 heterocycles. The number of benzene rings is 2. The zero-order valence-corrected chi connectivity index (χ0v) is 12.1. The van der Waals surface area contributed by atoms with Gasteiger partial charge in [-0.05, 0) is 36.8 Å². The number of amides is 1. The molecule has 1 unspecified atom stereocenters. The number of hydrogen-bond acceptors (Lipinski definition) is 1. The van der Waals surface area contributed by atoms with Crippen LogP contribution in [-0.2, 0) is 0 Å². The van der Waals surface area contributed by atoms with Crippen molar-refractivity contribution in [1.29, 1.82) is 0 Å². The van der Waals surface area contributed by atoms with Crippen molar-refractivity contribution in [3.05, 3.63) is 70.5 Å². The molecule has 4 heteroatoms. The van der Waals surface area contributed by atoms with Crippen molar-refractivity contribution in [2.45, 2.75) is 13.0 Å². The minimum absolute atomic E-state index is 0.160. The quantitative estimate of drug-likeness (QED) is 0.825. The normalized spacial score (nSPS) is 12.0. The average molecular weight is 292 g/mol. The maximum atomic E-state index is 12.9. The molecule has 104 valence electrons. The Morgan fingerprint density at radius 2 is 1.75 bits per heavy atom. The zero-order valence-electron chi connectivity index (χ0n) is 11.3. The molecule has 2 rings (SSSR count). The average Bonchev–Trinajstić information content (AvgIpc) is 2.46. The summed E-state index contributed by atoms with van der Waals surface area (Å²) in [5.41, 5.74) is 1.33. The van der Waals surface area contributed by atoms with Crippen LogP contribution in [0.15, 0.2) is 48.5 Å². The third-order valence-electron chi connectivity index (χ3n) is 3.36. The molecule has 0 aliphatic rings. The zero-order chi connectivity index (χ0) is 14.7. The third-order valence-corrected chi connectivity index (χ3v) is 3.69. The summed E-state index contributed by atoms with van der Waals surface area (Å²) in [4.78, 5) is 14.0. The van der Waals surface area contributed by atoms with Crippen molar-refractivity contribution >= 4 is 17.5 Å². The van der Waals surface area contributed by atoms with Crippen LogP contribution >= 0.6 is 11.6 Å². The lowest BCUT2D eigenvalue weighted by Gasteiger charge is -2.25. The van der Waals surface area contributed by atoms with Crippen molar-refractivity contribution < 1.29 is 9.18 Å². The second-order valence-corrected chi connectivity index (χ2v) is 5.03. The van der Waals surface area contributed by atoms with Gasteiger partial charge in [0.05, 0.1) is 16.6 Å². The predicted molar refractivity (Wildman–Crippen MR) is 78.4 cm³/mol. The molecule has 0 radical (unpaired) electrons. The first-order chi connectivity index (χ1) is 9.50. The molecule has 1 amide bonds. The third kappa shape index (κ3) is 2.99. The topological polar surface area (TPSA) is 20.3 Å². The van der Waals surface area contributed by atoms with Crippen LogP contribution in [0.1, 0.15) is 28.9 Å². The number of carbonyl (C=O) groups excluding carboxylic acids is 1. The van der Waals surface area contributed by atoms with E-state index in [1.54, 1.807) is 48.3 Å². The fraction of sp³-hybridized carbons (Fsp3) is 0.188. The lowest BCUT2D eigenvalue weighted by Crippen LogP contribution is -2.29. The first-order valence-electron chi connectivity index (χ1n) is 6.28. The van der Waals surface area contributed by atoms with E-state index in [2.05, 4.69) is 0 Å². The van der Waals surface area contributed by atoms with Gasteiger partial charge in [-0.1, -0.05) is 35.9 Å². The van der Waals surface area contributed by atoms with E-state index in [1.807, 2.05) is 6.92 Å². The molecule has 1 atom stereocenters. The van der Waals surface area contributed by atoms with Gasteiger partial charge in [-0.3, -0.25) is 4.79 Å². The number of halogens is 2. The Hall–Kier alpha value is -1.87. The Morgan fingerprint density at radius 3 is 2.35 bits per heavy atom. The lowest BCUT2D eigenvalue weighted by atomic mass is 10.1. The molecule has 0 saturated heterocycles. The van der Waals surface area contributed by atoms with Crippen LogP contribution in [0.5, 0.6) is 0 Å². The highest BCUT2D eigenvalue weighted by molar-refractivity contribution is 6.33. The molecule has 0 N–H and O–H groups in total. The van der Waals surface area contributed by atoms with Gasteiger partial charge in [0.1, 0.15) is 5.82 Å². The van der Waals surface area contributed by atoms with Crippen LogP contribution < -0.4 is 0 Å². The van der Waals surface area contributed by atoms with Crippen LogP contribution in [0.2, 0.25) is 5.02 Å². The van der Waals surface area contributed by atoms with Gasteiger partial charge in [0.25, 0.3) is 5.91 Å². The standard InChI is InChI=1S/C16H15ClFNO/c1-11(12-7-9-13(18)10-8-12)19(2)16(20)14-5-3-4-6-15(14)17/h3-11H,1-2H3. The maximum Gasteiger partial charge on any atom is 0.255 e. The number of rotatable bonds is 3. The molecule has 0 aromatic heterocycles. The minimum atomic E-state index is -0.291. The van der Waals surface area contributed by atoms with Gasteiger partial charge in [-0.25, -0.2) is 4.39 Å². The van der Waals surface area contributed by atoms with Crippen LogP contribution in [0.4, 0.5) is 4.39 Å². The van der Waals surface area contributed by atoms with Gasteiger partial charge in [0.15, 0.2) is 0 Å². The molecule has 2 aromatic carbocycles. The monoisotopic (exact) mass is 291 g/mol. The number of nitrogens with zero attached hydrogens (tertiary/aromatic N) is 1. The minimum Gasteiger partial charge on any atom is -0.335 e. The summed E-state index contributed by atoms with van der Waals surface area (Å²) in [5, 5.41) is 0.427. The van der Waals surface area contributed by atoms with Gasteiger partial charge < -0.3 is 4.90 Å². The van der Waals surface area contributed by atoms with Gasteiger partial charge in [-0.15, -0.1) is 0 Å². The Morgan fingerprint density at radius 1 is 1.15 bits per heavy atom. The highest BCUT2D eigenvalue weighted by Crippen LogP contribution is 2.23. The smallest absolute Gasteiger partial charge is 0.255 e. The molecule has 0 bridgehead atoms. The Bertz CT molecular complexity index is 612. The maximum absolute atomic E-state index is 12.9. The predicted octanol–water partition coefficient (Wildman–Crippen LogP) is 4.31. The second kappa shape index (κ2) is 6.06.